The third-order valence-electron chi connectivity index (χ3n) is 4.66. The molecule has 1 heterocycles. The van der Waals surface area contributed by atoms with Gasteiger partial charge in [0.05, 0.1) is 18.6 Å². The van der Waals surface area contributed by atoms with Gasteiger partial charge in [-0.3, -0.25) is 0 Å². The van der Waals surface area contributed by atoms with Gasteiger partial charge in [0.25, 0.3) is 0 Å². The fourth-order valence-corrected chi connectivity index (χ4v) is 4.48. The second-order valence-corrected chi connectivity index (χ2v) is 8.55. The van der Waals surface area contributed by atoms with Crippen molar-refractivity contribution >= 4 is 9.84 Å². The minimum atomic E-state index is -2.89. The van der Waals surface area contributed by atoms with Gasteiger partial charge < -0.3 is 15.2 Å². The monoisotopic (exact) mass is 325 g/mol. The summed E-state index contributed by atoms with van der Waals surface area (Å²) < 4.78 is 33.6. The van der Waals surface area contributed by atoms with E-state index in [2.05, 4.69) is 0 Å². The van der Waals surface area contributed by atoms with Crippen LogP contribution in [0.4, 0.5) is 0 Å². The number of benzene rings is 1. The van der Waals surface area contributed by atoms with Gasteiger partial charge >= 0.3 is 0 Å². The first-order valence-electron chi connectivity index (χ1n) is 7.76. The summed E-state index contributed by atoms with van der Waals surface area (Å²) in [5.41, 5.74) is 7.33. The van der Waals surface area contributed by atoms with E-state index in [1.165, 1.54) is 6.42 Å². The predicted molar refractivity (Wildman–Crippen MR) is 85.0 cm³/mol. The molecule has 0 bridgehead atoms. The van der Waals surface area contributed by atoms with Crippen LogP contribution >= 0.6 is 0 Å². The van der Waals surface area contributed by atoms with E-state index in [-0.39, 0.29) is 23.1 Å². The van der Waals surface area contributed by atoms with Crippen LogP contribution in [-0.4, -0.2) is 33.1 Å². The zero-order chi connectivity index (χ0) is 15.8. The lowest BCUT2D eigenvalue weighted by atomic mass is 9.77. The van der Waals surface area contributed by atoms with Crippen LogP contribution in [0.25, 0.3) is 0 Å². The highest BCUT2D eigenvalue weighted by Crippen LogP contribution is 2.39. The highest BCUT2D eigenvalue weighted by Gasteiger charge is 2.36. The van der Waals surface area contributed by atoms with E-state index in [4.69, 9.17) is 15.2 Å². The normalized spacial score (nSPS) is 23.5. The van der Waals surface area contributed by atoms with Crippen LogP contribution in [0.1, 0.15) is 37.7 Å². The third kappa shape index (κ3) is 3.08. The summed E-state index contributed by atoms with van der Waals surface area (Å²) in [5, 5.41) is 0. The van der Waals surface area contributed by atoms with Gasteiger partial charge in [-0.15, -0.1) is 0 Å². The van der Waals surface area contributed by atoms with E-state index in [9.17, 15) is 8.42 Å². The number of sulfone groups is 1. The maximum atomic E-state index is 11.2. The molecule has 22 heavy (non-hydrogen) atoms. The quantitative estimate of drug-likeness (QED) is 0.916. The van der Waals surface area contributed by atoms with E-state index in [0.717, 1.165) is 31.2 Å². The van der Waals surface area contributed by atoms with Crippen molar-refractivity contribution in [2.45, 2.75) is 43.7 Å². The van der Waals surface area contributed by atoms with Gasteiger partial charge in [0.15, 0.2) is 21.3 Å². The summed E-state index contributed by atoms with van der Waals surface area (Å²) in [6, 6.07) is 5.77. The largest absolute Gasteiger partial charge is 0.493 e. The summed E-state index contributed by atoms with van der Waals surface area (Å²) in [7, 11) is -1.30. The van der Waals surface area contributed by atoms with Crippen LogP contribution in [0.2, 0.25) is 0 Å². The van der Waals surface area contributed by atoms with E-state index in [1.54, 1.807) is 7.11 Å². The van der Waals surface area contributed by atoms with Crippen molar-refractivity contribution < 1.29 is 17.9 Å². The Morgan fingerprint density at radius 1 is 1.14 bits per heavy atom. The Bertz CT molecular complexity index is 638. The van der Waals surface area contributed by atoms with Crippen molar-refractivity contribution in [2.75, 3.05) is 18.6 Å². The first kappa shape index (κ1) is 15.6. The summed E-state index contributed by atoms with van der Waals surface area (Å²) in [6.07, 6.45) is 5.24. The van der Waals surface area contributed by atoms with Gasteiger partial charge in [-0.2, -0.15) is 0 Å². The first-order valence-corrected chi connectivity index (χ1v) is 9.58. The van der Waals surface area contributed by atoms with Crippen LogP contribution in [-0.2, 0) is 15.4 Å². The molecule has 122 valence electrons. The minimum Gasteiger partial charge on any atom is -0.493 e. The number of methoxy groups -OCH3 is 1. The summed E-state index contributed by atoms with van der Waals surface area (Å²) in [5.74, 6) is 1.38. The Labute approximate surface area is 131 Å². The lowest BCUT2D eigenvalue weighted by molar-refractivity contribution is 0.219. The van der Waals surface area contributed by atoms with Crippen molar-refractivity contribution in [1.29, 1.82) is 0 Å². The Morgan fingerprint density at radius 2 is 1.82 bits per heavy atom. The molecule has 1 aromatic rings. The van der Waals surface area contributed by atoms with Gasteiger partial charge in [0.1, 0.15) is 6.10 Å². The Hall–Kier alpha value is -1.27. The molecule has 0 radical (unpaired) electrons. The maximum Gasteiger partial charge on any atom is 0.161 e. The van der Waals surface area contributed by atoms with Crippen molar-refractivity contribution in [2.24, 2.45) is 5.73 Å². The molecule has 2 N–H and O–H groups in total. The van der Waals surface area contributed by atoms with E-state index in [0.29, 0.717) is 11.5 Å². The topological polar surface area (TPSA) is 78.6 Å². The number of rotatable bonds is 4. The molecule has 2 fully saturated rings. The highest BCUT2D eigenvalue weighted by atomic mass is 32.2. The summed E-state index contributed by atoms with van der Waals surface area (Å²) >= 11 is 0. The van der Waals surface area contributed by atoms with E-state index in [1.807, 2.05) is 18.2 Å². The molecule has 0 amide bonds. The molecule has 0 aromatic heterocycles. The third-order valence-corrected chi connectivity index (χ3v) is 6.42. The van der Waals surface area contributed by atoms with Gasteiger partial charge in [-0.05, 0) is 30.5 Å². The van der Waals surface area contributed by atoms with Crippen molar-refractivity contribution in [3.8, 4) is 11.5 Å². The molecule has 1 aliphatic carbocycles. The first-order chi connectivity index (χ1) is 10.4. The summed E-state index contributed by atoms with van der Waals surface area (Å²) in [6.45, 7) is 0. The van der Waals surface area contributed by atoms with Crippen LogP contribution in [0.5, 0.6) is 11.5 Å². The fourth-order valence-electron chi connectivity index (χ4n) is 3.31. The van der Waals surface area contributed by atoms with Crippen LogP contribution in [0.15, 0.2) is 18.2 Å². The van der Waals surface area contributed by atoms with Crippen LogP contribution in [0.3, 0.4) is 0 Å². The fraction of sp³-hybridized carbons (Fsp3) is 0.625. The Morgan fingerprint density at radius 3 is 2.41 bits per heavy atom. The average Bonchev–Trinajstić information content (AvgIpc) is 2.46. The molecule has 0 atom stereocenters. The highest BCUT2D eigenvalue weighted by molar-refractivity contribution is 7.92. The second-order valence-electron chi connectivity index (χ2n) is 6.40. The average molecular weight is 325 g/mol. The van der Waals surface area contributed by atoms with E-state index < -0.39 is 9.84 Å². The molecule has 0 unspecified atom stereocenters. The standard InChI is InChI=1S/C16H23NO4S/c1-20-15-9-12(16(17)7-3-2-4-8-16)5-6-14(15)21-13-10-22(18,19)11-13/h5-6,9,13H,2-4,7-8,10-11,17H2,1H3. The van der Waals surface area contributed by atoms with Crippen molar-refractivity contribution in [1.82, 2.24) is 0 Å². The molecule has 6 heteroatoms. The number of nitrogens with two attached hydrogens (primary N) is 1. The van der Waals surface area contributed by atoms with Gasteiger partial charge in [0.2, 0.25) is 0 Å². The zero-order valence-electron chi connectivity index (χ0n) is 12.9. The van der Waals surface area contributed by atoms with Crippen molar-refractivity contribution in [3.63, 3.8) is 0 Å². The Balaban J connectivity index is 1.78. The zero-order valence-corrected chi connectivity index (χ0v) is 13.7. The molecule has 5 nitrogen and oxygen atoms in total. The molecular weight excluding hydrogens is 302 g/mol. The van der Waals surface area contributed by atoms with Gasteiger partial charge in [-0.25, -0.2) is 8.42 Å². The predicted octanol–water partition coefficient (Wildman–Crippen LogP) is 1.99. The SMILES string of the molecule is COc1cc(C2(N)CCCCC2)ccc1OC1CS(=O)(=O)C1. The van der Waals surface area contributed by atoms with Crippen LogP contribution < -0.4 is 15.2 Å². The van der Waals surface area contributed by atoms with E-state index >= 15 is 0 Å². The number of hydrogen-bond donors (Lipinski definition) is 1. The molecule has 1 saturated carbocycles. The lowest BCUT2D eigenvalue weighted by Crippen LogP contribution is -2.45. The lowest BCUT2D eigenvalue weighted by Gasteiger charge is -2.34. The minimum absolute atomic E-state index is 0.0821. The second kappa shape index (κ2) is 5.74. The van der Waals surface area contributed by atoms with Crippen molar-refractivity contribution in [3.05, 3.63) is 23.8 Å². The molecule has 2 aliphatic rings. The molecule has 1 aromatic carbocycles. The molecule has 1 saturated heterocycles. The summed E-state index contributed by atoms with van der Waals surface area (Å²) in [4.78, 5) is 0. The molecule has 0 spiro atoms. The number of ether oxygens (including phenoxy) is 2. The smallest absolute Gasteiger partial charge is 0.161 e. The number of hydrogen-bond acceptors (Lipinski definition) is 5. The Kier molecular flexibility index (Phi) is 4.07. The molecule has 3 rings (SSSR count). The van der Waals surface area contributed by atoms with Gasteiger partial charge in [0, 0.05) is 5.54 Å². The molecule has 1 aliphatic heterocycles. The van der Waals surface area contributed by atoms with Crippen LogP contribution in [0, 0.1) is 0 Å². The molecular formula is C16H23NO4S. The van der Waals surface area contributed by atoms with Gasteiger partial charge in [-0.1, -0.05) is 25.3 Å². The maximum absolute atomic E-state index is 11.2.